The van der Waals surface area contributed by atoms with Crippen molar-refractivity contribution in [2.24, 2.45) is 0 Å². The summed E-state index contributed by atoms with van der Waals surface area (Å²) in [5.74, 6) is 0.648. The number of benzene rings is 2. The van der Waals surface area contributed by atoms with Gasteiger partial charge >= 0.3 is 6.18 Å². The lowest BCUT2D eigenvalue weighted by atomic mass is 10.1. The predicted octanol–water partition coefficient (Wildman–Crippen LogP) is 4.17. The SMILES string of the molecule is FC(F)(F)c1cccc(-c2cnc(-c3cccc(CN4CCNCC4)c3)[nH]2)c1. The van der Waals surface area contributed by atoms with Crippen molar-refractivity contribution < 1.29 is 13.2 Å². The van der Waals surface area contributed by atoms with Gasteiger partial charge in [-0.25, -0.2) is 4.98 Å². The maximum absolute atomic E-state index is 13.0. The highest BCUT2D eigenvalue weighted by molar-refractivity contribution is 5.65. The molecule has 0 amide bonds. The van der Waals surface area contributed by atoms with Crippen molar-refractivity contribution in [2.75, 3.05) is 26.2 Å². The van der Waals surface area contributed by atoms with Crippen molar-refractivity contribution in [1.29, 1.82) is 0 Å². The number of hydrogen-bond donors (Lipinski definition) is 2. The Kier molecular flexibility index (Phi) is 5.19. The third-order valence-corrected chi connectivity index (χ3v) is 4.89. The van der Waals surface area contributed by atoms with Gasteiger partial charge in [0.25, 0.3) is 0 Å². The van der Waals surface area contributed by atoms with Gasteiger partial charge in [-0.05, 0) is 23.8 Å². The van der Waals surface area contributed by atoms with Gasteiger partial charge < -0.3 is 10.3 Å². The van der Waals surface area contributed by atoms with Crippen molar-refractivity contribution in [3.05, 3.63) is 65.9 Å². The van der Waals surface area contributed by atoms with Gasteiger partial charge in [0.2, 0.25) is 0 Å². The molecule has 7 heteroatoms. The van der Waals surface area contributed by atoms with E-state index in [9.17, 15) is 13.2 Å². The summed E-state index contributed by atoms with van der Waals surface area (Å²) >= 11 is 0. The Hall–Kier alpha value is -2.64. The lowest BCUT2D eigenvalue weighted by Gasteiger charge is -2.27. The van der Waals surface area contributed by atoms with Crippen LogP contribution in [-0.2, 0) is 12.7 Å². The number of halogens is 3. The predicted molar refractivity (Wildman–Crippen MR) is 103 cm³/mol. The van der Waals surface area contributed by atoms with Crippen LogP contribution in [0.1, 0.15) is 11.1 Å². The van der Waals surface area contributed by atoms with Gasteiger partial charge in [-0.15, -0.1) is 0 Å². The van der Waals surface area contributed by atoms with Gasteiger partial charge in [0, 0.05) is 43.9 Å². The molecule has 1 aromatic heterocycles. The van der Waals surface area contributed by atoms with Crippen LogP contribution in [0.5, 0.6) is 0 Å². The molecule has 4 rings (SSSR count). The van der Waals surface area contributed by atoms with E-state index in [1.165, 1.54) is 11.6 Å². The molecular formula is C21H21F3N4. The molecule has 4 nitrogen and oxygen atoms in total. The average molecular weight is 386 g/mol. The van der Waals surface area contributed by atoms with Crippen molar-refractivity contribution >= 4 is 0 Å². The molecule has 0 aliphatic carbocycles. The van der Waals surface area contributed by atoms with E-state index in [1.54, 1.807) is 12.3 Å². The quantitative estimate of drug-likeness (QED) is 0.707. The maximum atomic E-state index is 13.0. The highest BCUT2D eigenvalue weighted by atomic mass is 19.4. The van der Waals surface area contributed by atoms with Gasteiger partial charge in [0.15, 0.2) is 0 Å². The lowest BCUT2D eigenvalue weighted by Crippen LogP contribution is -2.42. The maximum Gasteiger partial charge on any atom is 0.416 e. The zero-order valence-electron chi connectivity index (χ0n) is 15.3. The summed E-state index contributed by atoms with van der Waals surface area (Å²) in [5.41, 5.74) is 2.47. The summed E-state index contributed by atoms with van der Waals surface area (Å²) in [4.78, 5) is 9.93. The third kappa shape index (κ3) is 4.26. The number of aromatic amines is 1. The largest absolute Gasteiger partial charge is 0.416 e. The Labute approximate surface area is 161 Å². The fourth-order valence-electron chi connectivity index (χ4n) is 3.42. The molecule has 1 fully saturated rings. The van der Waals surface area contributed by atoms with Crippen LogP contribution in [-0.4, -0.2) is 41.0 Å². The van der Waals surface area contributed by atoms with Crippen LogP contribution in [0.25, 0.3) is 22.6 Å². The van der Waals surface area contributed by atoms with Crippen molar-refractivity contribution in [2.45, 2.75) is 12.7 Å². The van der Waals surface area contributed by atoms with Gasteiger partial charge in [-0.2, -0.15) is 13.2 Å². The van der Waals surface area contributed by atoms with Gasteiger partial charge in [-0.1, -0.05) is 30.3 Å². The van der Waals surface area contributed by atoms with E-state index in [-0.39, 0.29) is 0 Å². The Morgan fingerprint density at radius 3 is 2.50 bits per heavy atom. The van der Waals surface area contributed by atoms with Crippen LogP contribution in [0.2, 0.25) is 0 Å². The summed E-state index contributed by atoms with van der Waals surface area (Å²) < 4.78 is 38.9. The van der Waals surface area contributed by atoms with Crippen LogP contribution < -0.4 is 5.32 Å². The first-order valence-corrected chi connectivity index (χ1v) is 9.24. The molecule has 2 aromatic carbocycles. The molecule has 0 saturated carbocycles. The fraction of sp³-hybridized carbons (Fsp3) is 0.286. The lowest BCUT2D eigenvalue weighted by molar-refractivity contribution is -0.137. The van der Waals surface area contributed by atoms with E-state index in [4.69, 9.17) is 0 Å². The monoisotopic (exact) mass is 386 g/mol. The fourth-order valence-corrected chi connectivity index (χ4v) is 3.42. The van der Waals surface area contributed by atoms with Gasteiger partial charge in [-0.3, -0.25) is 4.90 Å². The van der Waals surface area contributed by atoms with E-state index in [0.717, 1.165) is 50.4 Å². The Morgan fingerprint density at radius 2 is 1.71 bits per heavy atom. The Morgan fingerprint density at radius 1 is 0.964 bits per heavy atom. The number of nitrogens with one attached hydrogen (secondary N) is 2. The first-order valence-electron chi connectivity index (χ1n) is 9.24. The van der Waals surface area contributed by atoms with E-state index < -0.39 is 11.7 Å². The van der Waals surface area contributed by atoms with Crippen LogP contribution >= 0.6 is 0 Å². The molecule has 0 radical (unpaired) electrons. The smallest absolute Gasteiger partial charge is 0.338 e. The molecule has 0 unspecified atom stereocenters. The molecule has 28 heavy (non-hydrogen) atoms. The number of alkyl halides is 3. The van der Waals surface area contributed by atoms with Gasteiger partial charge in [0.05, 0.1) is 17.5 Å². The number of aromatic nitrogens is 2. The highest BCUT2D eigenvalue weighted by Gasteiger charge is 2.30. The zero-order valence-corrected chi connectivity index (χ0v) is 15.3. The Bertz CT molecular complexity index is 943. The van der Waals surface area contributed by atoms with E-state index >= 15 is 0 Å². The van der Waals surface area contributed by atoms with Gasteiger partial charge in [0.1, 0.15) is 5.82 Å². The number of rotatable bonds is 4. The minimum atomic E-state index is -4.36. The molecule has 0 bridgehead atoms. The number of imidazole rings is 1. The summed E-state index contributed by atoms with van der Waals surface area (Å²) in [6.45, 7) is 4.91. The topological polar surface area (TPSA) is 44.0 Å². The second-order valence-corrected chi connectivity index (χ2v) is 6.95. The minimum absolute atomic E-state index is 0.463. The minimum Gasteiger partial charge on any atom is -0.338 e. The molecule has 1 saturated heterocycles. The van der Waals surface area contributed by atoms with Crippen molar-refractivity contribution in [3.63, 3.8) is 0 Å². The molecule has 3 aromatic rings. The highest BCUT2D eigenvalue weighted by Crippen LogP contribution is 2.32. The molecule has 0 spiro atoms. The molecule has 0 atom stereocenters. The molecular weight excluding hydrogens is 365 g/mol. The summed E-state index contributed by atoms with van der Waals surface area (Å²) in [5, 5.41) is 3.34. The summed E-state index contributed by atoms with van der Waals surface area (Å²) in [6.07, 6.45) is -2.79. The molecule has 2 heterocycles. The molecule has 1 aliphatic heterocycles. The molecule has 146 valence electrons. The zero-order chi connectivity index (χ0) is 19.6. The first kappa shape index (κ1) is 18.7. The van der Waals surface area contributed by atoms with E-state index in [2.05, 4.69) is 32.3 Å². The standard InChI is InChI=1S/C21H21F3N4/c22-21(23,24)18-6-2-4-16(12-18)19-13-26-20(27-19)17-5-1-3-15(11-17)14-28-9-7-25-8-10-28/h1-6,11-13,25H,7-10,14H2,(H,26,27). The molecule has 2 N–H and O–H groups in total. The van der Waals surface area contributed by atoms with Crippen molar-refractivity contribution in [1.82, 2.24) is 20.2 Å². The second kappa shape index (κ2) is 7.77. The summed E-state index contributed by atoms with van der Waals surface area (Å²) in [7, 11) is 0. The van der Waals surface area contributed by atoms with Crippen LogP contribution in [0, 0.1) is 0 Å². The van der Waals surface area contributed by atoms with E-state index in [0.29, 0.717) is 17.1 Å². The number of hydrogen-bond acceptors (Lipinski definition) is 3. The molecule has 1 aliphatic rings. The Balaban J connectivity index is 1.55. The average Bonchev–Trinajstić information content (AvgIpc) is 3.19. The third-order valence-electron chi connectivity index (χ3n) is 4.89. The van der Waals surface area contributed by atoms with Crippen molar-refractivity contribution in [3.8, 4) is 22.6 Å². The number of piperazine rings is 1. The number of nitrogens with zero attached hydrogens (tertiary/aromatic N) is 2. The first-order chi connectivity index (χ1) is 13.5. The van der Waals surface area contributed by atoms with Crippen LogP contribution in [0.4, 0.5) is 13.2 Å². The van der Waals surface area contributed by atoms with Crippen LogP contribution in [0.3, 0.4) is 0 Å². The normalized spacial score (nSPS) is 15.7. The number of H-pyrrole nitrogens is 1. The van der Waals surface area contributed by atoms with E-state index in [1.807, 2.05) is 12.1 Å². The van der Waals surface area contributed by atoms with Crippen LogP contribution in [0.15, 0.2) is 54.7 Å². The summed E-state index contributed by atoms with van der Waals surface area (Å²) in [6, 6.07) is 13.4. The second-order valence-electron chi connectivity index (χ2n) is 6.95.